The van der Waals surface area contributed by atoms with Gasteiger partial charge in [-0.2, -0.15) is 0 Å². The Morgan fingerprint density at radius 2 is 1.88 bits per heavy atom. The van der Waals surface area contributed by atoms with Gasteiger partial charge in [-0.25, -0.2) is 0 Å². The largest absolute Gasteiger partial charge is 0.391 e. The molecule has 3 fully saturated rings. The van der Waals surface area contributed by atoms with Crippen LogP contribution in [0.2, 0.25) is 0 Å². The molecule has 8 atom stereocenters. The molecule has 0 aromatic rings. The molecule has 2 N–H and O–H groups in total. The molecular formula is C23H35NO2. The zero-order valence-electron chi connectivity index (χ0n) is 16.4. The van der Waals surface area contributed by atoms with Crippen molar-refractivity contribution in [3.63, 3.8) is 0 Å². The first-order valence-electron chi connectivity index (χ1n) is 10.9. The van der Waals surface area contributed by atoms with E-state index < -0.39 is 0 Å². The molecule has 144 valence electrons. The molecule has 0 bridgehead atoms. The third-order valence-corrected chi connectivity index (χ3v) is 9.14. The van der Waals surface area contributed by atoms with Crippen molar-refractivity contribution in [1.29, 1.82) is 0 Å². The van der Waals surface area contributed by atoms with Gasteiger partial charge in [0, 0.05) is 11.5 Å². The maximum Gasteiger partial charge on any atom is 0.0758 e. The van der Waals surface area contributed by atoms with Crippen molar-refractivity contribution in [2.45, 2.75) is 77.0 Å². The maximum atomic E-state index is 11.1. The zero-order valence-corrected chi connectivity index (χ0v) is 16.4. The zero-order chi connectivity index (χ0) is 18.1. The van der Waals surface area contributed by atoms with Crippen LogP contribution in [0.4, 0.5) is 0 Å². The molecule has 0 aromatic carbocycles. The first-order chi connectivity index (χ1) is 12.4. The SMILES string of the molecule is C[C@]12C=CC(O)CC1=CC[C@@H]1[C@H]2CC[C@]2(C)C(N3CCCC3)C(O)C[C@@H]12. The van der Waals surface area contributed by atoms with E-state index in [2.05, 4.69) is 30.9 Å². The molecule has 3 heteroatoms. The fourth-order valence-electron chi connectivity index (χ4n) is 7.90. The number of hydrogen-bond acceptors (Lipinski definition) is 3. The number of aliphatic hydroxyl groups excluding tert-OH is 2. The first kappa shape index (κ1) is 17.5. The van der Waals surface area contributed by atoms with Gasteiger partial charge < -0.3 is 10.2 Å². The number of likely N-dealkylation sites (tertiary alicyclic amines) is 1. The minimum absolute atomic E-state index is 0.125. The first-order valence-corrected chi connectivity index (χ1v) is 10.9. The van der Waals surface area contributed by atoms with E-state index in [1.165, 1.54) is 44.3 Å². The van der Waals surface area contributed by atoms with Crippen molar-refractivity contribution in [3.05, 3.63) is 23.8 Å². The Bertz CT molecular complexity index is 636. The van der Waals surface area contributed by atoms with E-state index >= 15 is 0 Å². The Balaban J connectivity index is 1.47. The minimum Gasteiger partial charge on any atom is -0.391 e. The smallest absolute Gasteiger partial charge is 0.0758 e. The lowest BCUT2D eigenvalue weighted by atomic mass is 9.49. The summed E-state index contributed by atoms with van der Waals surface area (Å²) in [7, 11) is 0. The van der Waals surface area contributed by atoms with E-state index in [1.54, 1.807) is 0 Å². The second kappa shape index (κ2) is 5.93. The summed E-state index contributed by atoms with van der Waals surface area (Å²) in [6.07, 6.45) is 14.4. The second-order valence-corrected chi connectivity index (χ2v) is 10.3. The normalized spacial score (nSPS) is 53.8. The number of hydrogen-bond donors (Lipinski definition) is 2. The topological polar surface area (TPSA) is 43.7 Å². The molecule has 3 nitrogen and oxygen atoms in total. The Kier molecular flexibility index (Phi) is 3.98. The molecule has 3 unspecified atom stereocenters. The number of fused-ring (bicyclic) bond motifs is 5. The molecule has 0 radical (unpaired) electrons. The summed E-state index contributed by atoms with van der Waals surface area (Å²) in [5.74, 6) is 2.00. The van der Waals surface area contributed by atoms with Gasteiger partial charge in [-0.15, -0.1) is 0 Å². The van der Waals surface area contributed by atoms with Crippen LogP contribution in [0.3, 0.4) is 0 Å². The summed E-state index contributed by atoms with van der Waals surface area (Å²) in [4.78, 5) is 2.62. The highest BCUT2D eigenvalue weighted by atomic mass is 16.3. The number of rotatable bonds is 1. The fourth-order valence-corrected chi connectivity index (χ4v) is 7.90. The monoisotopic (exact) mass is 357 g/mol. The highest BCUT2D eigenvalue weighted by Crippen LogP contribution is 2.64. The lowest BCUT2D eigenvalue weighted by Gasteiger charge is -2.57. The summed E-state index contributed by atoms with van der Waals surface area (Å²) >= 11 is 0. The molecule has 0 amide bonds. The molecule has 2 saturated carbocycles. The Hall–Kier alpha value is -0.640. The Labute approximate surface area is 158 Å². The predicted octanol–water partition coefficient (Wildman–Crippen LogP) is 3.52. The molecule has 26 heavy (non-hydrogen) atoms. The molecule has 1 saturated heterocycles. The molecule has 0 aromatic heterocycles. The molecule has 1 aliphatic heterocycles. The van der Waals surface area contributed by atoms with E-state index in [-0.39, 0.29) is 23.0 Å². The van der Waals surface area contributed by atoms with Crippen LogP contribution < -0.4 is 0 Å². The molecule has 5 aliphatic rings. The van der Waals surface area contributed by atoms with E-state index in [9.17, 15) is 10.2 Å². The fraction of sp³-hybridized carbons (Fsp3) is 0.826. The summed E-state index contributed by atoms with van der Waals surface area (Å²) in [5, 5.41) is 21.1. The third-order valence-electron chi connectivity index (χ3n) is 9.14. The van der Waals surface area contributed by atoms with Gasteiger partial charge >= 0.3 is 0 Å². The van der Waals surface area contributed by atoms with Gasteiger partial charge in [0.25, 0.3) is 0 Å². The van der Waals surface area contributed by atoms with Crippen LogP contribution in [0.1, 0.15) is 58.8 Å². The van der Waals surface area contributed by atoms with Crippen LogP contribution in [0, 0.1) is 28.6 Å². The molecule has 0 spiro atoms. The van der Waals surface area contributed by atoms with Crippen LogP contribution in [0.15, 0.2) is 23.8 Å². The van der Waals surface area contributed by atoms with Crippen molar-refractivity contribution in [3.8, 4) is 0 Å². The summed E-state index contributed by atoms with van der Waals surface area (Å²) < 4.78 is 0. The van der Waals surface area contributed by atoms with Gasteiger partial charge in [0.15, 0.2) is 0 Å². The highest BCUT2D eigenvalue weighted by Gasteiger charge is 2.61. The summed E-state index contributed by atoms with van der Waals surface area (Å²) in [5.41, 5.74) is 1.86. The van der Waals surface area contributed by atoms with Gasteiger partial charge in [-0.3, -0.25) is 4.90 Å². The van der Waals surface area contributed by atoms with E-state index in [4.69, 9.17) is 0 Å². The predicted molar refractivity (Wildman–Crippen MR) is 104 cm³/mol. The van der Waals surface area contributed by atoms with Crippen LogP contribution in [0.25, 0.3) is 0 Å². The van der Waals surface area contributed by atoms with Crippen LogP contribution >= 0.6 is 0 Å². The van der Waals surface area contributed by atoms with Crippen molar-refractivity contribution in [1.82, 2.24) is 4.90 Å². The maximum absolute atomic E-state index is 11.1. The molecular weight excluding hydrogens is 322 g/mol. The summed E-state index contributed by atoms with van der Waals surface area (Å²) in [6.45, 7) is 7.26. The molecule has 5 rings (SSSR count). The van der Waals surface area contributed by atoms with Crippen molar-refractivity contribution in [2.75, 3.05) is 13.1 Å². The average Bonchev–Trinajstić information content (AvgIpc) is 3.20. The quantitative estimate of drug-likeness (QED) is 0.706. The van der Waals surface area contributed by atoms with Crippen LogP contribution in [-0.4, -0.2) is 46.5 Å². The highest BCUT2D eigenvalue weighted by molar-refractivity contribution is 5.33. The van der Waals surface area contributed by atoms with Gasteiger partial charge in [0.2, 0.25) is 0 Å². The van der Waals surface area contributed by atoms with Crippen molar-refractivity contribution in [2.24, 2.45) is 28.6 Å². The van der Waals surface area contributed by atoms with Gasteiger partial charge in [-0.05, 0) is 81.2 Å². The molecule has 1 heterocycles. The van der Waals surface area contributed by atoms with Gasteiger partial charge in [-0.1, -0.05) is 37.6 Å². The number of nitrogens with zero attached hydrogens (tertiary/aromatic N) is 1. The van der Waals surface area contributed by atoms with Crippen molar-refractivity contribution < 1.29 is 10.2 Å². The second-order valence-electron chi connectivity index (χ2n) is 10.3. The number of allylic oxidation sites excluding steroid dienone is 2. The van der Waals surface area contributed by atoms with Crippen molar-refractivity contribution >= 4 is 0 Å². The van der Waals surface area contributed by atoms with Gasteiger partial charge in [0.1, 0.15) is 0 Å². The van der Waals surface area contributed by atoms with Crippen LogP contribution in [0.5, 0.6) is 0 Å². The lowest BCUT2D eigenvalue weighted by molar-refractivity contribution is -0.0433. The standard InChI is InChI=1S/C23H35NO2/c1-22-9-7-16(25)13-15(22)5-6-17-18(22)8-10-23(2)19(17)14-20(26)21(23)24-11-3-4-12-24/h5,7,9,16-21,25-26H,3-4,6,8,10-14H2,1-2H3/t16?,17-,18-,19+,20?,21?,22+,23+/m1/s1. The van der Waals surface area contributed by atoms with E-state index in [1.807, 2.05) is 6.08 Å². The number of aliphatic hydroxyl groups is 2. The van der Waals surface area contributed by atoms with Gasteiger partial charge in [0.05, 0.1) is 12.2 Å². The molecule has 4 aliphatic carbocycles. The lowest BCUT2D eigenvalue weighted by Crippen LogP contribution is -2.54. The van der Waals surface area contributed by atoms with E-state index in [0.29, 0.717) is 23.8 Å². The van der Waals surface area contributed by atoms with E-state index in [0.717, 1.165) is 19.3 Å². The summed E-state index contributed by atoms with van der Waals surface area (Å²) in [6, 6.07) is 0.373. The minimum atomic E-state index is -0.299. The Morgan fingerprint density at radius 3 is 2.65 bits per heavy atom. The average molecular weight is 358 g/mol. The third kappa shape index (κ3) is 2.29. The Morgan fingerprint density at radius 1 is 1.12 bits per heavy atom. The van der Waals surface area contributed by atoms with Crippen LogP contribution in [-0.2, 0) is 0 Å².